The van der Waals surface area contributed by atoms with Gasteiger partial charge in [-0.15, -0.1) is 0 Å². The Kier molecular flexibility index (Phi) is 6.07. The van der Waals surface area contributed by atoms with Crippen molar-refractivity contribution < 1.29 is 9.53 Å². The molecule has 1 heterocycles. The molecule has 2 aliphatic rings. The first-order valence-electron chi connectivity index (χ1n) is 8.83. The molecular formula is C18H26N4O2. The summed E-state index contributed by atoms with van der Waals surface area (Å²) in [6.07, 6.45) is 7.48. The minimum atomic E-state index is -0.219. The normalized spacial score (nSPS) is 19.4. The average Bonchev–Trinajstić information content (AvgIpc) is 2.64. The molecule has 1 aromatic carbocycles. The number of hydrogen-bond donors (Lipinski definition) is 2. The van der Waals surface area contributed by atoms with Gasteiger partial charge in [-0.25, -0.2) is 10.2 Å². The highest BCUT2D eigenvalue weighted by atomic mass is 16.5. The molecule has 24 heavy (non-hydrogen) atoms. The lowest BCUT2D eigenvalue weighted by molar-refractivity contribution is 0.122. The SMILES string of the molecule is O=C(NN=Cc1ccc(N2CCOCC2)cc1)NC1CCCCC1. The fourth-order valence-corrected chi connectivity index (χ4v) is 3.22. The fraction of sp³-hybridized carbons (Fsp3) is 0.556. The molecule has 2 amide bonds. The Morgan fingerprint density at radius 2 is 1.83 bits per heavy atom. The van der Waals surface area contributed by atoms with Crippen LogP contribution in [0.3, 0.4) is 0 Å². The molecule has 6 nitrogen and oxygen atoms in total. The number of hydrogen-bond acceptors (Lipinski definition) is 4. The first-order chi connectivity index (χ1) is 11.8. The second-order valence-corrected chi connectivity index (χ2v) is 6.37. The van der Waals surface area contributed by atoms with Crippen LogP contribution in [0.4, 0.5) is 10.5 Å². The van der Waals surface area contributed by atoms with Gasteiger partial charge in [-0.2, -0.15) is 5.10 Å². The van der Waals surface area contributed by atoms with Crippen molar-refractivity contribution in [2.24, 2.45) is 5.10 Å². The summed E-state index contributed by atoms with van der Waals surface area (Å²) < 4.78 is 5.37. The molecule has 0 radical (unpaired) electrons. The molecule has 3 rings (SSSR count). The maximum absolute atomic E-state index is 11.8. The summed E-state index contributed by atoms with van der Waals surface area (Å²) in [6.45, 7) is 3.42. The minimum Gasteiger partial charge on any atom is -0.378 e. The lowest BCUT2D eigenvalue weighted by Crippen LogP contribution is -2.41. The molecule has 1 saturated carbocycles. The molecular weight excluding hydrogens is 304 g/mol. The smallest absolute Gasteiger partial charge is 0.335 e. The Morgan fingerprint density at radius 1 is 1.12 bits per heavy atom. The molecule has 1 aliphatic heterocycles. The van der Waals surface area contributed by atoms with Gasteiger partial charge in [-0.3, -0.25) is 0 Å². The molecule has 1 aromatic rings. The molecule has 2 N–H and O–H groups in total. The Morgan fingerprint density at radius 3 is 2.54 bits per heavy atom. The highest BCUT2D eigenvalue weighted by Gasteiger charge is 2.15. The maximum Gasteiger partial charge on any atom is 0.335 e. The maximum atomic E-state index is 11.8. The number of ether oxygens (including phenoxy) is 1. The lowest BCUT2D eigenvalue weighted by Gasteiger charge is -2.28. The van der Waals surface area contributed by atoms with Crippen molar-refractivity contribution in [3.8, 4) is 0 Å². The van der Waals surface area contributed by atoms with Gasteiger partial charge in [0.25, 0.3) is 0 Å². The van der Waals surface area contributed by atoms with Crippen molar-refractivity contribution in [3.05, 3.63) is 29.8 Å². The van der Waals surface area contributed by atoms with Crippen LogP contribution in [0.1, 0.15) is 37.7 Å². The first kappa shape index (κ1) is 16.8. The van der Waals surface area contributed by atoms with Crippen LogP contribution in [-0.2, 0) is 4.74 Å². The zero-order valence-corrected chi connectivity index (χ0v) is 14.0. The third kappa shape index (κ3) is 4.96. The van der Waals surface area contributed by atoms with Gasteiger partial charge in [0.15, 0.2) is 0 Å². The largest absolute Gasteiger partial charge is 0.378 e. The molecule has 1 aliphatic carbocycles. The van der Waals surface area contributed by atoms with Gasteiger partial charge in [-0.05, 0) is 30.5 Å². The van der Waals surface area contributed by atoms with E-state index in [2.05, 4.69) is 32.9 Å². The number of amides is 2. The number of benzene rings is 1. The van der Waals surface area contributed by atoms with Crippen LogP contribution in [0.2, 0.25) is 0 Å². The number of hydrazone groups is 1. The standard InChI is InChI=1S/C18H26N4O2/c23-18(20-16-4-2-1-3-5-16)21-19-14-15-6-8-17(9-7-15)22-10-12-24-13-11-22/h6-9,14,16H,1-5,10-13H2,(H2,20,21,23). The molecule has 0 spiro atoms. The molecule has 0 bridgehead atoms. The monoisotopic (exact) mass is 330 g/mol. The van der Waals surface area contributed by atoms with E-state index in [9.17, 15) is 4.79 Å². The number of nitrogens with one attached hydrogen (secondary N) is 2. The predicted molar refractivity (Wildman–Crippen MR) is 95.6 cm³/mol. The number of carbonyl (C=O) groups is 1. The highest BCUT2D eigenvalue weighted by molar-refractivity contribution is 5.82. The number of anilines is 1. The van der Waals surface area contributed by atoms with Gasteiger partial charge < -0.3 is 15.0 Å². The van der Waals surface area contributed by atoms with Crippen LogP contribution in [0.25, 0.3) is 0 Å². The second kappa shape index (κ2) is 8.68. The molecule has 0 atom stereocenters. The van der Waals surface area contributed by atoms with Crippen molar-refractivity contribution in [3.63, 3.8) is 0 Å². The molecule has 0 aromatic heterocycles. The van der Waals surface area contributed by atoms with Gasteiger partial charge >= 0.3 is 6.03 Å². The van der Waals surface area contributed by atoms with E-state index in [-0.39, 0.29) is 6.03 Å². The summed E-state index contributed by atoms with van der Waals surface area (Å²) in [5.41, 5.74) is 4.70. The Bertz CT molecular complexity index is 547. The van der Waals surface area contributed by atoms with Crippen molar-refractivity contribution in [1.29, 1.82) is 0 Å². The van der Waals surface area contributed by atoms with Crippen LogP contribution < -0.4 is 15.6 Å². The molecule has 6 heteroatoms. The van der Waals surface area contributed by atoms with Gasteiger partial charge in [0.05, 0.1) is 19.4 Å². The first-order valence-corrected chi connectivity index (χ1v) is 8.83. The summed E-state index contributed by atoms with van der Waals surface area (Å²) in [5.74, 6) is 0. The number of morpholine rings is 1. The van der Waals surface area contributed by atoms with E-state index in [1.807, 2.05) is 12.1 Å². The Labute approximate surface area is 143 Å². The summed E-state index contributed by atoms with van der Waals surface area (Å²) in [7, 11) is 0. The van der Waals surface area contributed by atoms with Crippen molar-refractivity contribution in [2.75, 3.05) is 31.2 Å². The predicted octanol–water partition coefficient (Wildman–Crippen LogP) is 2.49. The molecule has 0 unspecified atom stereocenters. The van der Waals surface area contributed by atoms with Crippen LogP contribution in [0, 0.1) is 0 Å². The van der Waals surface area contributed by atoms with Crippen LogP contribution in [0.5, 0.6) is 0 Å². The van der Waals surface area contributed by atoms with E-state index < -0.39 is 0 Å². The fourth-order valence-electron chi connectivity index (χ4n) is 3.22. The second-order valence-electron chi connectivity index (χ2n) is 6.37. The third-order valence-corrected chi connectivity index (χ3v) is 4.59. The van der Waals surface area contributed by atoms with Gasteiger partial charge in [0.1, 0.15) is 0 Å². The van der Waals surface area contributed by atoms with Gasteiger partial charge in [0.2, 0.25) is 0 Å². The van der Waals surface area contributed by atoms with Crippen molar-refractivity contribution >= 4 is 17.9 Å². The van der Waals surface area contributed by atoms with E-state index >= 15 is 0 Å². The lowest BCUT2D eigenvalue weighted by atomic mass is 9.96. The summed E-state index contributed by atoms with van der Waals surface area (Å²) in [4.78, 5) is 14.1. The Balaban J connectivity index is 1.44. The van der Waals surface area contributed by atoms with Crippen LogP contribution in [0.15, 0.2) is 29.4 Å². The summed E-state index contributed by atoms with van der Waals surface area (Å²) in [6, 6.07) is 8.25. The topological polar surface area (TPSA) is 66.0 Å². The molecule has 130 valence electrons. The number of carbonyl (C=O) groups excluding carboxylic acids is 1. The number of urea groups is 1. The quantitative estimate of drug-likeness (QED) is 0.658. The van der Waals surface area contributed by atoms with Crippen LogP contribution in [-0.4, -0.2) is 44.6 Å². The van der Waals surface area contributed by atoms with E-state index in [4.69, 9.17) is 4.74 Å². The zero-order chi connectivity index (χ0) is 16.6. The van der Waals surface area contributed by atoms with E-state index in [1.165, 1.54) is 24.9 Å². The van der Waals surface area contributed by atoms with E-state index in [1.54, 1.807) is 6.21 Å². The Hall–Kier alpha value is -2.08. The van der Waals surface area contributed by atoms with E-state index in [0.717, 1.165) is 44.7 Å². The van der Waals surface area contributed by atoms with Gasteiger partial charge in [-0.1, -0.05) is 31.4 Å². The average molecular weight is 330 g/mol. The van der Waals surface area contributed by atoms with E-state index in [0.29, 0.717) is 6.04 Å². The van der Waals surface area contributed by atoms with Gasteiger partial charge in [0, 0.05) is 24.8 Å². The third-order valence-electron chi connectivity index (χ3n) is 4.59. The summed E-state index contributed by atoms with van der Waals surface area (Å²) in [5, 5.41) is 7.00. The highest BCUT2D eigenvalue weighted by Crippen LogP contribution is 2.17. The van der Waals surface area contributed by atoms with Crippen molar-refractivity contribution in [1.82, 2.24) is 10.7 Å². The number of nitrogens with zero attached hydrogens (tertiary/aromatic N) is 2. The molecule has 2 fully saturated rings. The minimum absolute atomic E-state index is 0.219. The zero-order valence-electron chi connectivity index (χ0n) is 14.0. The number of rotatable bonds is 4. The van der Waals surface area contributed by atoms with Crippen molar-refractivity contribution in [2.45, 2.75) is 38.1 Å². The summed E-state index contributed by atoms with van der Waals surface area (Å²) >= 11 is 0. The molecule has 1 saturated heterocycles. The van der Waals surface area contributed by atoms with Crippen LogP contribution >= 0.6 is 0 Å².